The van der Waals surface area contributed by atoms with Gasteiger partial charge in [0, 0.05) is 19.7 Å². The van der Waals surface area contributed by atoms with Crippen molar-refractivity contribution in [3.05, 3.63) is 21.8 Å². The highest BCUT2D eigenvalue weighted by atomic mass is 32.2. The van der Waals surface area contributed by atoms with E-state index in [0.29, 0.717) is 27.9 Å². The lowest BCUT2D eigenvalue weighted by Crippen LogP contribution is -2.36. The van der Waals surface area contributed by atoms with Gasteiger partial charge in [-0.1, -0.05) is 11.8 Å². The van der Waals surface area contributed by atoms with Crippen LogP contribution in [0.2, 0.25) is 0 Å². The quantitative estimate of drug-likeness (QED) is 0.575. The van der Waals surface area contributed by atoms with Gasteiger partial charge in [0.1, 0.15) is 4.70 Å². The Balaban J connectivity index is 1.47. The largest absolute Gasteiger partial charge is 0.376 e. The average molecular weight is 434 g/mol. The molecule has 10 heteroatoms. The number of nitrogens with zero attached hydrogens (tertiary/aromatic N) is 5. The van der Waals surface area contributed by atoms with Gasteiger partial charge in [0.2, 0.25) is 11.7 Å². The maximum atomic E-state index is 13.0. The molecule has 1 atom stereocenters. The van der Waals surface area contributed by atoms with Gasteiger partial charge in [-0.25, -0.2) is 0 Å². The SMILES string of the molecule is O=C(CSc1nnc2n(CC3CCCO3)c(=O)c3sccc3n12)N1CCCCC1. The van der Waals surface area contributed by atoms with E-state index in [1.807, 2.05) is 20.7 Å². The highest BCUT2D eigenvalue weighted by Gasteiger charge is 2.23. The van der Waals surface area contributed by atoms with Crippen LogP contribution in [-0.2, 0) is 16.1 Å². The summed E-state index contributed by atoms with van der Waals surface area (Å²) in [7, 11) is 0. The maximum Gasteiger partial charge on any atom is 0.272 e. The molecular weight excluding hydrogens is 410 g/mol. The number of hydrogen-bond acceptors (Lipinski definition) is 7. The molecule has 3 aromatic rings. The van der Waals surface area contributed by atoms with Crippen LogP contribution < -0.4 is 5.56 Å². The van der Waals surface area contributed by atoms with E-state index in [-0.39, 0.29) is 17.6 Å². The first kappa shape index (κ1) is 19.1. The summed E-state index contributed by atoms with van der Waals surface area (Å²) in [4.78, 5) is 27.6. The Labute approximate surface area is 175 Å². The van der Waals surface area contributed by atoms with Crippen molar-refractivity contribution in [2.75, 3.05) is 25.4 Å². The highest BCUT2D eigenvalue weighted by molar-refractivity contribution is 7.99. The van der Waals surface area contributed by atoms with E-state index in [0.717, 1.165) is 50.9 Å². The molecule has 0 spiro atoms. The zero-order valence-electron chi connectivity index (χ0n) is 16.1. The molecule has 29 heavy (non-hydrogen) atoms. The summed E-state index contributed by atoms with van der Waals surface area (Å²) in [5.74, 6) is 0.988. The van der Waals surface area contributed by atoms with E-state index in [1.165, 1.54) is 29.5 Å². The van der Waals surface area contributed by atoms with E-state index in [9.17, 15) is 9.59 Å². The van der Waals surface area contributed by atoms with Crippen LogP contribution in [0.4, 0.5) is 0 Å². The van der Waals surface area contributed by atoms with Gasteiger partial charge in [-0.05, 0) is 43.6 Å². The molecule has 5 rings (SSSR count). The van der Waals surface area contributed by atoms with Crippen molar-refractivity contribution in [1.82, 2.24) is 24.1 Å². The molecule has 1 unspecified atom stereocenters. The summed E-state index contributed by atoms with van der Waals surface area (Å²) >= 11 is 2.82. The Kier molecular flexibility index (Phi) is 5.31. The summed E-state index contributed by atoms with van der Waals surface area (Å²) in [5, 5.41) is 11.2. The number of hydrogen-bond donors (Lipinski definition) is 0. The minimum Gasteiger partial charge on any atom is -0.376 e. The summed E-state index contributed by atoms with van der Waals surface area (Å²) in [5.41, 5.74) is 0.753. The minimum atomic E-state index is -0.0497. The van der Waals surface area contributed by atoms with Crippen molar-refractivity contribution >= 4 is 45.0 Å². The third-order valence-corrected chi connectivity index (χ3v) is 7.43. The number of piperidine rings is 1. The summed E-state index contributed by atoms with van der Waals surface area (Å²) in [6.07, 6.45) is 5.35. The van der Waals surface area contributed by atoms with Crippen molar-refractivity contribution in [1.29, 1.82) is 0 Å². The number of likely N-dealkylation sites (tertiary alicyclic amines) is 1. The molecule has 0 N–H and O–H groups in total. The van der Waals surface area contributed by atoms with E-state index >= 15 is 0 Å². The van der Waals surface area contributed by atoms with Gasteiger partial charge in [-0.2, -0.15) is 0 Å². The Bertz CT molecular complexity index is 1090. The monoisotopic (exact) mass is 433 g/mol. The second kappa shape index (κ2) is 8.08. The standard InChI is InChI=1S/C19H23N5O3S2/c25-15(22-7-2-1-3-8-22)12-29-19-21-20-18-23(11-13-5-4-9-27-13)17(26)16-14(24(18)19)6-10-28-16/h6,10,13H,1-5,7-9,11-12H2. The molecule has 8 nitrogen and oxygen atoms in total. The molecule has 0 aliphatic carbocycles. The first-order valence-electron chi connectivity index (χ1n) is 10.1. The number of aromatic nitrogens is 4. The molecule has 5 heterocycles. The predicted molar refractivity (Wildman–Crippen MR) is 113 cm³/mol. The number of carbonyl (C=O) groups is 1. The Morgan fingerprint density at radius 3 is 2.90 bits per heavy atom. The van der Waals surface area contributed by atoms with Crippen molar-refractivity contribution < 1.29 is 9.53 Å². The molecule has 2 aliphatic heterocycles. The number of thiophene rings is 1. The fraction of sp³-hybridized carbons (Fsp3) is 0.579. The number of thioether (sulfide) groups is 1. The van der Waals surface area contributed by atoms with Crippen LogP contribution in [0.25, 0.3) is 16.0 Å². The summed E-state index contributed by atoms with van der Waals surface area (Å²) < 4.78 is 10.0. The van der Waals surface area contributed by atoms with Gasteiger partial charge in [-0.3, -0.25) is 18.6 Å². The minimum absolute atomic E-state index is 0.0300. The molecule has 154 valence electrons. The van der Waals surface area contributed by atoms with Crippen molar-refractivity contribution in [2.45, 2.75) is 49.9 Å². The molecule has 1 amide bonds. The van der Waals surface area contributed by atoms with Crippen LogP contribution in [0.3, 0.4) is 0 Å². The molecule has 0 saturated carbocycles. The normalized spacial score (nSPS) is 20.1. The van der Waals surface area contributed by atoms with Gasteiger partial charge in [-0.15, -0.1) is 21.5 Å². The predicted octanol–water partition coefficient (Wildman–Crippen LogP) is 2.39. The lowest BCUT2D eigenvalue weighted by Gasteiger charge is -2.26. The number of amides is 1. The number of ether oxygens (including phenoxy) is 1. The van der Waals surface area contributed by atoms with Crippen molar-refractivity contribution in [2.24, 2.45) is 0 Å². The molecule has 2 aliphatic rings. The Morgan fingerprint density at radius 1 is 1.24 bits per heavy atom. The average Bonchev–Trinajstić information content (AvgIpc) is 3.50. The Hall–Kier alpha value is -1.91. The van der Waals surface area contributed by atoms with E-state index in [4.69, 9.17) is 4.74 Å². The second-order valence-corrected chi connectivity index (χ2v) is 9.39. The number of fused-ring (bicyclic) bond motifs is 3. The van der Waals surface area contributed by atoms with Crippen LogP contribution in [0.15, 0.2) is 21.4 Å². The van der Waals surface area contributed by atoms with Gasteiger partial charge < -0.3 is 9.64 Å². The molecule has 0 aromatic carbocycles. The maximum absolute atomic E-state index is 13.0. The fourth-order valence-electron chi connectivity index (χ4n) is 4.11. The number of rotatable bonds is 5. The zero-order valence-corrected chi connectivity index (χ0v) is 17.7. The van der Waals surface area contributed by atoms with E-state index in [2.05, 4.69) is 10.2 Å². The van der Waals surface area contributed by atoms with Gasteiger partial charge in [0.15, 0.2) is 5.16 Å². The molecule has 2 saturated heterocycles. The third kappa shape index (κ3) is 3.57. The van der Waals surface area contributed by atoms with Crippen molar-refractivity contribution in [3.63, 3.8) is 0 Å². The van der Waals surface area contributed by atoms with Crippen LogP contribution >= 0.6 is 23.1 Å². The molecule has 2 fully saturated rings. The lowest BCUT2D eigenvalue weighted by atomic mass is 10.1. The third-order valence-electron chi connectivity index (χ3n) is 5.63. The van der Waals surface area contributed by atoms with Gasteiger partial charge in [0.25, 0.3) is 5.56 Å². The van der Waals surface area contributed by atoms with Gasteiger partial charge in [0.05, 0.1) is 23.9 Å². The first-order valence-corrected chi connectivity index (χ1v) is 12.0. The topological polar surface area (TPSA) is 81.7 Å². The van der Waals surface area contributed by atoms with Crippen LogP contribution in [0.1, 0.15) is 32.1 Å². The zero-order chi connectivity index (χ0) is 19.8. The van der Waals surface area contributed by atoms with E-state index < -0.39 is 0 Å². The second-order valence-electron chi connectivity index (χ2n) is 7.53. The number of carbonyl (C=O) groups excluding carboxylic acids is 1. The van der Waals surface area contributed by atoms with E-state index in [1.54, 1.807) is 4.57 Å². The smallest absolute Gasteiger partial charge is 0.272 e. The van der Waals surface area contributed by atoms with Crippen LogP contribution in [0, 0.1) is 0 Å². The molecule has 3 aromatic heterocycles. The highest BCUT2D eigenvalue weighted by Crippen LogP contribution is 2.25. The summed E-state index contributed by atoms with van der Waals surface area (Å²) in [6, 6.07) is 1.92. The Morgan fingerprint density at radius 2 is 2.10 bits per heavy atom. The molecule has 0 radical (unpaired) electrons. The van der Waals surface area contributed by atoms with Crippen LogP contribution in [0.5, 0.6) is 0 Å². The fourth-order valence-corrected chi connectivity index (χ4v) is 5.78. The van der Waals surface area contributed by atoms with Crippen LogP contribution in [-0.4, -0.2) is 61.5 Å². The summed E-state index contributed by atoms with van der Waals surface area (Å²) in [6.45, 7) is 2.90. The molecule has 0 bridgehead atoms. The lowest BCUT2D eigenvalue weighted by molar-refractivity contribution is -0.129. The van der Waals surface area contributed by atoms with Crippen molar-refractivity contribution in [3.8, 4) is 0 Å². The first-order chi connectivity index (χ1) is 14.2. The molecular formula is C19H23N5O3S2. The van der Waals surface area contributed by atoms with Gasteiger partial charge >= 0.3 is 0 Å².